The second-order valence-electron chi connectivity index (χ2n) is 5.82. The number of unbranched alkanes of at least 4 members (excludes halogenated alkanes) is 9. The summed E-state index contributed by atoms with van der Waals surface area (Å²) in [4.78, 5) is 0. The Morgan fingerprint density at radius 3 is 2.10 bits per heavy atom. The lowest BCUT2D eigenvalue weighted by Gasteiger charge is -2.01. The molecule has 0 spiro atoms. The van der Waals surface area contributed by atoms with Crippen LogP contribution in [0.1, 0.15) is 71.1 Å². The minimum absolute atomic E-state index is 0. The van der Waals surface area contributed by atoms with Gasteiger partial charge in [0.15, 0.2) is 0 Å². The van der Waals surface area contributed by atoms with Crippen molar-refractivity contribution in [3.05, 3.63) is 31.4 Å². The molecule has 0 atom stereocenters. The summed E-state index contributed by atoms with van der Waals surface area (Å²) in [5, 5.41) is 0. The van der Waals surface area contributed by atoms with Gasteiger partial charge in [-0.3, -0.25) is 0 Å². The highest BCUT2D eigenvalue weighted by molar-refractivity contribution is 4.73. The molecule has 2 nitrogen and oxygen atoms in total. The molecule has 0 radical (unpaired) electrons. The largest absolute Gasteiger partial charge is 1.00 e. The molecular weight excluding hydrogens is 371 g/mol. The predicted octanol–water partition coefficient (Wildman–Crippen LogP) is 1.89. The van der Waals surface area contributed by atoms with E-state index in [4.69, 9.17) is 0 Å². The van der Waals surface area contributed by atoms with Gasteiger partial charge >= 0.3 is 0 Å². The summed E-state index contributed by atoms with van der Waals surface area (Å²) in [5.74, 6) is 0. The van der Waals surface area contributed by atoms with Crippen molar-refractivity contribution in [3.63, 3.8) is 0 Å². The zero-order valence-corrected chi connectivity index (χ0v) is 15.9. The number of aromatic nitrogens is 2. The van der Waals surface area contributed by atoms with E-state index in [1.165, 1.54) is 64.2 Å². The van der Waals surface area contributed by atoms with Crippen LogP contribution >= 0.6 is 0 Å². The smallest absolute Gasteiger partial charge is 0.244 e. The van der Waals surface area contributed by atoms with E-state index in [2.05, 4.69) is 41.4 Å². The minimum Gasteiger partial charge on any atom is -1.00 e. The Morgan fingerprint density at radius 1 is 0.952 bits per heavy atom. The number of imidazole rings is 1. The molecule has 0 aliphatic carbocycles. The number of rotatable bonds is 13. The minimum atomic E-state index is 0. The monoisotopic (exact) mass is 404 g/mol. The molecule has 0 bridgehead atoms. The summed E-state index contributed by atoms with van der Waals surface area (Å²) in [7, 11) is 0. The number of nitrogens with zero attached hydrogens (tertiary/aromatic N) is 2. The molecule has 1 aromatic heterocycles. The molecule has 0 amide bonds. The fraction of sp³-hybridized carbons (Fsp3) is 0.722. The van der Waals surface area contributed by atoms with Crippen molar-refractivity contribution in [3.8, 4) is 0 Å². The second kappa shape index (κ2) is 14.6. The highest BCUT2D eigenvalue weighted by Crippen LogP contribution is 2.10. The third kappa shape index (κ3) is 11.0. The molecule has 0 aromatic carbocycles. The molecule has 1 heterocycles. The fourth-order valence-electron chi connectivity index (χ4n) is 2.61. The average molecular weight is 404 g/mol. The van der Waals surface area contributed by atoms with Gasteiger partial charge < -0.3 is 24.0 Å². The van der Waals surface area contributed by atoms with Crippen molar-refractivity contribution in [2.75, 3.05) is 0 Å². The number of aryl methyl sites for hydroxylation is 1. The van der Waals surface area contributed by atoms with E-state index in [9.17, 15) is 0 Å². The zero-order valence-electron chi connectivity index (χ0n) is 13.8. The van der Waals surface area contributed by atoms with Crippen LogP contribution in [-0.2, 0) is 13.1 Å². The maximum atomic E-state index is 3.76. The molecule has 122 valence electrons. The van der Waals surface area contributed by atoms with Gasteiger partial charge in [0, 0.05) is 0 Å². The first kappa shape index (κ1) is 20.7. The summed E-state index contributed by atoms with van der Waals surface area (Å²) in [6.45, 7) is 8.10. The van der Waals surface area contributed by atoms with Gasteiger partial charge in [0.1, 0.15) is 18.9 Å². The van der Waals surface area contributed by atoms with Crippen LogP contribution in [0.3, 0.4) is 0 Å². The van der Waals surface area contributed by atoms with Crippen molar-refractivity contribution in [1.82, 2.24) is 4.57 Å². The molecule has 0 N–H and O–H groups in total. The first-order chi connectivity index (χ1) is 9.86. The Hall–Kier alpha value is -0.320. The van der Waals surface area contributed by atoms with Gasteiger partial charge in [0.2, 0.25) is 6.33 Å². The topological polar surface area (TPSA) is 8.81 Å². The van der Waals surface area contributed by atoms with Crippen molar-refractivity contribution in [2.45, 2.75) is 84.2 Å². The van der Waals surface area contributed by atoms with Crippen molar-refractivity contribution in [2.24, 2.45) is 0 Å². The highest BCUT2D eigenvalue weighted by atomic mass is 127. The maximum absolute atomic E-state index is 3.76. The molecule has 0 saturated heterocycles. The van der Waals surface area contributed by atoms with Crippen molar-refractivity contribution >= 4 is 0 Å². The van der Waals surface area contributed by atoms with E-state index in [0.717, 1.165) is 13.1 Å². The number of hydrogen-bond acceptors (Lipinski definition) is 0. The van der Waals surface area contributed by atoms with Crippen LogP contribution in [0.2, 0.25) is 0 Å². The third-order valence-corrected chi connectivity index (χ3v) is 3.86. The summed E-state index contributed by atoms with van der Waals surface area (Å²) in [6, 6.07) is 0. The number of hydrogen-bond donors (Lipinski definition) is 0. The molecule has 0 unspecified atom stereocenters. The Balaban J connectivity index is 0.00000400. The quantitative estimate of drug-likeness (QED) is 0.206. The van der Waals surface area contributed by atoms with E-state index in [-0.39, 0.29) is 24.0 Å². The van der Waals surface area contributed by atoms with Crippen LogP contribution in [-0.4, -0.2) is 4.57 Å². The molecule has 0 aliphatic heterocycles. The van der Waals surface area contributed by atoms with E-state index in [1.807, 2.05) is 6.08 Å². The highest BCUT2D eigenvalue weighted by Gasteiger charge is 2.01. The third-order valence-electron chi connectivity index (χ3n) is 3.86. The van der Waals surface area contributed by atoms with E-state index < -0.39 is 0 Å². The summed E-state index contributed by atoms with van der Waals surface area (Å²) in [6.07, 6.45) is 22.4. The molecule has 0 fully saturated rings. The Kier molecular flexibility index (Phi) is 14.4. The Bertz CT molecular complexity index is 347. The molecule has 3 heteroatoms. The van der Waals surface area contributed by atoms with Crippen LogP contribution in [0.4, 0.5) is 0 Å². The molecule has 0 saturated carbocycles. The average Bonchev–Trinajstić information content (AvgIpc) is 2.89. The molecule has 1 aromatic rings. The molecule has 0 aliphatic rings. The summed E-state index contributed by atoms with van der Waals surface area (Å²) < 4.78 is 4.46. The molecule has 21 heavy (non-hydrogen) atoms. The van der Waals surface area contributed by atoms with Gasteiger partial charge in [0.25, 0.3) is 0 Å². The summed E-state index contributed by atoms with van der Waals surface area (Å²) in [5.41, 5.74) is 0. The van der Waals surface area contributed by atoms with Gasteiger partial charge in [-0.1, -0.05) is 70.9 Å². The standard InChI is InChI=1S/C18H33N2.HI/c1-3-5-6-7-8-9-10-11-12-13-15-20-17-16-19(18-20)14-4-2;/h4,16-18H,2-3,5-15H2,1H3;1H/q+1;/p-1. The van der Waals surface area contributed by atoms with Gasteiger partial charge in [-0.2, -0.15) is 0 Å². The van der Waals surface area contributed by atoms with Gasteiger partial charge in [-0.05, 0) is 12.8 Å². The zero-order chi connectivity index (χ0) is 14.5. The van der Waals surface area contributed by atoms with Crippen LogP contribution < -0.4 is 28.5 Å². The van der Waals surface area contributed by atoms with Crippen molar-refractivity contribution < 1.29 is 28.5 Å². The Labute approximate surface area is 148 Å². The van der Waals surface area contributed by atoms with Gasteiger partial charge in [0.05, 0.1) is 6.54 Å². The summed E-state index contributed by atoms with van der Waals surface area (Å²) >= 11 is 0. The molecular formula is C18H33IN2. The normalized spacial score (nSPS) is 10.3. The number of halogens is 1. The lowest BCUT2D eigenvalue weighted by molar-refractivity contribution is -0.696. The van der Waals surface area contributed by atoms with E-state index >= 15 is 0 Å². The van der Waals surface area contributed by atoms with E-state index in [0.29, 0.717) is 0 Å². The predicted molar refractivity (Wildman–Crippen MR) is 86.7 cm³/mol. The Morgan fingerprint density at radius 2 is 1.52 bits per heavy atom. The SMILES string of the molecule is C=CCn1cc[n+](CCCCCCCCCCCC)c1.[I-]. The number of allylic oxidation sites excluding steroid dienone is 1. The second-order valence-corrected chi connectivity index (χ2v) is 5.82. The fourth-order valence-corrected chi connectivity index (χ4v) is 2.61. The van der Waals surface area contributed by atoms with E-state index in [1.54, 1.807) is 0 Å². The van der Waals surface area contributed by atoms with Gasteiger partial charge in [-0.25, -0.2) is 9.13 Å². The van der Waals surface area contributed by atoms with Crippen LogP contribution in [0.5, 0.6) is 0 Å². The van der Waals surface area contributed by atoms with Crippen LogP contribution in [0.25, 0.3) is 0 Å². The lowest BCUT2D eigenvalue weighted by Crippen LogP contribution is -3.00. The first-order valence-corrected chi connectivity index (χ1v) is 8.52. The van der Waals surface area contributed by atoms with Crippen molar-refractivity contribution in [1.29, 1.82) is 0 Å². The van der Waals surface area contributed by atoms with Crippen LogP contribution in [0, 0.1) is 0 Å². The first-order valence-electron chi connectivity index (χ1n) is 8.52. The maximum Gasteiger partial charge on any atom is 0.244 e. The molecule has 1 rings (SSSR count). The van der Waals surface area contributed by atoms with Crippen LogP contribution in [0.15, 0.2) is 31.4 Å². The van der Waals surface area contributed by atoms with Gasteiger partial charge in [-0.15, -0.1) is 0 Å². The lowest BCUT2D eigenvalue weighted by atomic mass is 10.1.